The highest BCUT2D eigenvalue weighted by Crippen LogP contribution is 2.54. The summed E-state index contributed by atoms with van der Waals surface area (Å²) in [6, 6.07) is 33.2. The number of halogens is 4. The van der Waals surface area contributed by atoms with Crippen molar-refractivity contribution in [3.05, 3.63) is 163 Å². The lowest BCUT2D eigenvalue weighted by molar-refractivity contribution is 0.0300. The predicted molar refractivity (Wildman–Crippen MR) is 266 cm³/mol. The molecule has 64 heavy (non-hydrogen) atoms. The third kappa shape index (κ3) is 9.82. The number of hydrogen-bond acceptors (Lipinski definition) is 6. The van der Waals surface area contributed by atoms with Crippen LogP contribution >= 0.6 is 46.4 Å². The number of nitrogens with zero attached hydrogens (tertiary/aromatic N) is 2. The summed E-state index contributed by atoms with van der Waals surface area (Å²) in [4.78, 5) is 19.4. The first-order valence-corrected chi connectivity index (χ1v) is 24.4. The molecule has 0 amide bonds. The van der Waals surface area contributed by atoms with Gasteiger partial charge in [-0.1, -0.05) is 147 Å². The Labute approximate surface area is 398 Å². The SMILES string of the molecule is CCCCCOc1ccccc1/C(=C\C1(/C=C(/c2ccc(N3CCCC3)cc2)c2ccccc2OCCCCC)OC(=O)c2c(Cl)c(Cl)c(Cl)c(Cl)c21)c1ccc(N2CCCC2)cc1. The van der Waals surface area contributed by atoms with Crippen molar-refractivity contribution in [1.82, 2.24) is 0 Å². The van der Waals surface area contributed by atoms with Crippen LogP contribution in [0.1, 0.15) is 116 Å². The standard InChI is InChI=1S/C54H56Cl4N2O4/c1-3-5-15-33-62-45-19-9-7-17-41(45)43(37-21-25-39(26-22-37)59-29-11-12-30-59)35-54(48-47(53(61)64-54)49(55)51(57)52(58)50(48)56)36-44(38-23-27-40(28-24-38)60-31-13-14-32-60)42-18-8-10-20-46(42)63-34-16-6-4-2/h7-10,17-28,35-36H,3-6,11-16,29-34H2,1-2H3/b43-35-,44-36-. The Kier molecular flexibility index (Phi) is 15.2. The van der Waals surface area contributed by atoms with Crippen LogP contribution in [0.15, 0.2) is 109 Å². The van der Waals surface area contributed by atoms with Crippen LogP contribution in [-0.4, -0.2) is 45.4 Å². The normalized spacial score (nSPS) is 17.6. The molecule has 2 saturated heterocycles. The van der Waals surface area contributed by atoms with Crippen molar-refractivity contribution >= 4 is 74.9 Å². The largest absolute Gasteiger partial charge is 0.493 e. The van der Waals surface area contributed by atoms with E-state index in [1.807, 2.05) is 60.7 Å². The van der Waals surface area contributed by atoms with E-state index in [1.165, 1.54) is 25.7 Å². The summed E-state index contributed by atoms with van der Waals surface area (Å²) in [7, 11) is 0. The smallest absolute Gasteiger partial charge is 0.341 e. The number of rotatable bonds is 18. The van der Waals surface area contributed by atoms with Crippen LogP contribution in [0.2, 0.25) is 20.1 Å². The zero-order valence-electron chi connectivity index (χ0n) is 36.7. The Hall–Kier alpha value is -4.59. The Morgan fingerprint density at radius 1 is 0.578 bits per heavy atom. The van der Waals surface area contributed by atoms with Crippen LogP contribution in [0.5, 0.6) is 11.5 Å². The van der Waals surface area contributed by atoms with Crippen LogP contribution in [0.3, 0.4) is 0 Å². The summed E-state index contributed by atoms with van der Waals surface area (Å²) in [5, 5.41) is 0.0703. The number of anilines is 2. The van der Waals surface area contributed by atoms with E-state index >= 15 is 0 Å². The molecule has 10 heteroatoms. The molecule has 3 aliphatic rings. The molecule has 2 fully saturated rings. The second-order valence-electron chi connectivity index (χ2n) is 16.9. The van der Waals surface area contributed by atoms with E-state index in [2.05, 4.69) is 72.2 Å². The molecule has 0 aromatic heterocycles. The molecule has 334 valence electrons. The quantitative estimate of drug-likeness (QED) is 0.0378. The summed E-state index contributed by atoms with van der Waals surface area (Å²) < 4.78 is 19.9. The van der Waals surface area contributed by atoms with Crippen LogP contribution in [-0.2, 0) is 10.3 Å². The summed E-state index contributed by atoms with van der Waals surface area (Å²) in [5.74, 6) is 0.742. The van der Waals surface area contributed by atoms with Crippen LogP contribution < -0.4 is 19.3 Å². The number of hydrogen-bond donors (Lipinski definition) is 0. The molecule has 6 nitrogen and oxygen atoms in total. The molecule has 5 aromatic rings. The first-order chi connectivity index (χ1) is 31.2. The predicted octanol–water partition coefficient (Wildman–Crippen LogP) is 15.3. The second-order valence-corrected chi connectivity index (χ2v) is 18.4. The maximum Gasteiger partial charge on any atom is 0.341 e. The molecule has 3 heterocycles. The van der Waals surface area contributed by atoms with Crippen molar-refractivity contribution in [2.45, 2.75) is 83.7 Å². The third-order valence-corrected chi connectivity index (χ3v) is 14.3. The molecule has 0 saturated carbocycles. The summed E-state index contributed by atoms with van der Waals surface area (Å²) >= 11 is 28.0. The van der Waals surface area contributed by atoms with Gasteiger partial charge in [-0.2, -0.15) is 0 Å². The molecule has 5 aromatic carbocycles. The number of benzene rings is 5. The van der Waals surface area contributed by atoms with Crippen LogP contribution in [0.25, 0.3) is 11.1 Å². The number of carbonyl (C=O) groups is 1. The highest BCUT2D eigenvalue weighted by atomic mass is 35.5. The summed E-state index contributed by atoms with van der Waals surface area (Å²) in [5.41, 5.74) is 5.96. The molecule has 0 bridgehead atoms. The third-order valence-electron chi connectivity index (χ3n) is 12.5. The van der Waals surface area contributed by atoms with Gasteiger partial charge in [0.05, 0.1) is 38.9 Å². The van der Waals surface area contributed by atoms with Gasteiger partial charge < -0.3 is 24.0 Å². The van der Waals surface area contributed by atoms with Crippen molar-refractivity contribution in [3.8, 4) is 11.5 Å². The molecule has 3 aliphatic heterocycles. The average Bonchev–Trinajstić information content (AvgIpc) is 4.12. The average molecular weight is 939 g/mol. The molecular formula is C54H56Cl4N2O4. The zero-order chi connectivity index (χ0) is 44.6. The minimum absolute atomic E-state index is 0.0140. The first-order valence-electron chi connectivity index (χ1n) is 22.9. The van der Waals surface area contributed by atoms with Gasteiger partial charge in [0.25, 0.3) is 0 Å². The lowest BCUT2D eigenvalue weighted by Gasteiger charge is -2.28. The van der Waals surface area contributed by atoms with E-state index in [9.17, 15) is 4.79 Å². The molecule has 0 unspecified atom stereocenters. The van der Waals surface area contributed by atoms with E-state index in [4.69, 9.17) is 60.6 Å². The van der Waals surface area contributed by atoms with Gasteiger partial charge in [-0.25, -0.2) is 4.79 Å². The fourth-order valence-corrected chi connectivity index (χ4v) is 10.2. The number of unbranched alkanes of at least 4 members (excludes halogenated alkanes) is 4. The Morgan fingerprint density at radius 3 is 1.44 bits per heavy atom. The number of ether oxygens (including phenoxy) is 3. The van der Waals surface area contributed by atoms with Gasteiger partial charge in [-0.15, -0.1) is 0 Å². The van der Waals surface area contributed by atoms with Crippen molar-refractivity contribution in [2.75, 3.05) is 49.2 Å². The van der Waals surface area contributed by atoms with Gasteiger partial charge in [-0.3, -0.25) is 0 Å². The maximum absolute atomic E-state index is 14.6. The van der Waals surface area contributed by atoms with Gasteiger partial charge >= 0.3 is 5.97 Å². The summed E-state index contributed by atoms with van der Waals surface area (Å²) in [6.45, 7) is 9.54. The zero-order valence-corrected chi connectivity index (χ0v) is 39.8. The Balaban J connectivity index is 1.41. The lowest BCUT2D eigenvalue weighted by Crippen LogP contribution is -2.23. The van der Waals surface area contributed by atoms with Crippen molar-refractivity contribution in [2.24, 2.45) is 0 Å². The van der Waals surface area contributed by atoms with E-state index in [0.29, 0.717) is 30.3 Å². The van der Waals surface area contributed by atoms with Gasteiger partial charge in [-0.05, 0) is 109 Å². The van der Waals surface area contributed by atoms with E-state index in [-0.39, 0.29) is 25.7 Å². The number of fused-ring (bicyclic) bond motifs is 1. The van der Waals surface area contributed by atoms with Crippen molar-refractivity contribution in [3.63, 3.8) is 0 Å². The highest BCUT2D eigenvalue weighted by Gasteiger charge is 2.48. The maximum atomic E-state index is 14.6. The number of para-hydroxylation sites is 2. The molecule has 8 rings (SSSR count). The molecule has 0 radical (unpaired) electrons. The number of carbonyl (C=O) groups excluding carboxylic acids is 1. The Morgan fingerprint density at radius 2 is 1.00 bits per heavy atom. The van der Waals surface area contributed by atoms with Gasteiger partial charge in [0.1, 0.15) is 11.5 Å². The fourth-order valence-electron chi connectivity index (χ4n) is 9.11. The Bertz CT molecular complexity index is 2360. The minimum Gasteiger partial charge on any atom is -0.493 e. The molecular weight excluding hydrogens is 882 g/mol. The van der Waals surface area contributed by atoms with Crippen molar-refractivity contribution in [1.29, 1.82) is 0 Å². The lowest BCUT2D eigenvalue weighted by atomic mass is 9.82. The molecule has 0 N–H and O–H groups in total. The second kappa shape index (κ2) is 21.1. The molecule has 0 atom stereocenters. The van der Waals surface area contributed by atoms with Crippen LogP contribution in [0.4, 0.5) is 11.4 Å². The van der Waals surface area contributed by atoms with Gasteiger partial charge in [0, 0.05) is 54.2 Å². The van der Waals surface area contributed by atoms with E-state index < -0.39 is 11.6 Å². The van der Waals surface area contributed by atoms with Crippen molar-refractivity contribution < 1.29 is 19.0 Å². The first kappa shape index (κ1) is 46.0. The fraction of sp³-hybridized carbons (Fsp3) is 0.352. The van der Waals surface area contributed by atoms with Gasteiger partial charge in [0.15, 0.2) is 5.60 Å². The minimum atomic E-state index is -1.68. The number of esters is 1. The van der Waals surface area contributed by atoms with Gasteiger partial charge in [0.2, 0.25) is 0 Å². The summed E-state index contributed by atoms with van der Waals surface area (Å²) in [6.07, 6.45) is 14.7. The molecule has 0 aliphatic carbocycles. The van der Waals surface area contributed by atoms with Crippen LogP contribution in [0, 0.1) is 0 Å². The topological polar surface area (TPSA) is 51.2 Å². The highest BCUT2D eigenvalue weighted by molar-refractivity contribution is 6.53. The van der Waals surface area contributed by atoms with E-state index in [0.717, 1.165) is 109 Å². The number of cyclic esters (lactones) is 1. The van der Waals surface area contributed by atoms with E-state index in [1.54, 1.807) is 0 Å². The molecule has 0 spiro atoms. The monoisotopic (exact) mass is 936 g/mol.